The number of carbonyl (C=O) groups excluding carboxylic acids is 7. The van der Waals surface area contributed by atoms with Crippen molar-refractivity contribution in [3.8, 4) is 11.5 Å². The van der Waals surface area contributed by atoms with E-state index in [1.54, 1.807) is 60.8 Å². The van der Waals surface area contributed by atoms with Crippen molar-refractivity contribution in [2.45, 2.75) is 100 Å². The molecule has 0 bridgehead atoms. The zero-order valence-electron chi connectivity index (χ0n) is 41.3. The number of para-hydroxylation sites is 1. The summed E-state index contributed by atoms with van der Waals surface area (Å²) in [6.45, 7) is 1.76. The van der Waals surface area contributed by atoms with Crippen LogP contribution in [0.25, 0.3) is 10.9 Å². The number of nitrogens with two attached hydrogens (primary N) is 1. The summed E-state index contributed by atoms with van der Waals surface area (Å²) < 4.78 is 0. The van der Waals surface area contributed by atoms with Crippen LogP contribution in [0.15, 0.2) is 109 Å². The predicted octanol–water partition coefficient (Wildman–Crippen LogP) is -1.48. The van der Waals surface area contributed by atoms with E-state index >= 15 is 0 Å². The first kappa shape index (κ1) is 58.0. The number of hydrogen-bond acceptors (Lipinski definition) is 14. The number of phenols is 2. The molecule has 0 saturated carbocycles. The molecule has 0 saturated heterocycles. The summed E-state index contributed by atoms with van der Waals surface area (Å²) in [5.74, 6) is -10.7. The normalized spacial score (nSPS) is 14.6. The first-order chi connectivity index (χ1) is 36.1. The molecule has 1 aromatic heterocycles. The van der Waals surface area contributed by atoms with Crippen LogP contribution < -0.4 is 43.0 Å². The highest BCUT2D eigenvalue weighted by Gasteiger charge is 2.37. The van der Waals surface area contributed by atoms with Gasteiger partial charge in [0.25, 0.3) is 0 Å². The zero-order valence-corrected chi connectivity index (χ0v) is 41.3. The molecule has 16 N–H and O–H groups in total. The molecule has 0 unspecified atom stereocenters. The maximum atomic E-state index is 14.2. The fourth-order valence-corrected chi connectivity index (χ4v) is 7.96. The molecule has 0 aliphatic carbocycles. The van der Waals surface area contributed by atoms with Gasteiger partial charge in [0.1, 0.15) is 53.8 Å². The topological polar surface area (TPSA) is 401 Å². The average Bonchev–Trinajstić information content (AvgIpc) is 3.79. The molecule has 0 spiro atoms. The van der Waals surface area contributed by atoms with Crippen LogP contribution in [0, 0.1) is 0 Å². The Bertz CT molecular complexity index is 2840. The Balaban J connectivity index is 1.35. The molecule has 4 aromatic carbocycles. The summed E-state index contributed by atoms with van der Waals surface area (Å²) in [6.07, 6.45) is -3.82. The molecule has 0 fully saturated rings. The van der Waals surface area contributed by atoms with E-state index in [4.69, 9.17) is 5.73 Å². The van der Waals surface area contributed by atoms with Gasteiger partial charge < -0.3 is 78.6 Å². The van der Waals surface area contributed by atoms with E-state index in [1.165, 1.54) is 55.5 Å². The molecule has 5 aromatic rings. The van der Waals surface area contributed by atoms with E-state index in [9.17, 15) is 73.8 Å². The number of nitrogens with one attached hydrogen (secondary N) is 8. The lowest BCUT2D eigenvalue weighted by Gasteiger charge is -2.29. The summed E-state index contributed by atoms with van der Waals surface area (Å²) in [7, 11) is 0. The van der Waals surface area contributed by atoms with Crippen molar-refractivity contribution in [3.63, 3.8) is 0 Å². The maximum absolute atomic E-state index is 14.2. The number of rotatable bonds is 27. The molecule has 0 radical (unpaired) electrons. The molecule has 24 nitrogen and oxygen atoms in total. The number of aromatic hydroxyl groups is 2. The van der Waals surface area contributed by atoms with Crippen LogP contribution in [0.4, 0.5) is 0 Å². The highest BCUT2D eigenvalue weighted by Crippen LogP contribution is 2.20. The second-order valence-electron chi connectivity index (χ2n) is 18.0. The first-order valence-electron chi connectivity index (χ1n) is 23.9. The molecule has 7 amide bonds. The van der Waals surface area contributed by atoms with Gasteiger partial charge in [-0.25, -0.2) is 4.79 Å². The van der Waals surface area contributed by atoms with Crippen molar-refractivity contribution in [3.05, 3.63) is 132 Å². The summed E-state index contributed by atoms with van der Waals surface area (Å²) in [4.78, 5) is 124. The second kappa shape index (κ2) is 27.4. The molecule has 0 aliphatic heterocycles. The van der Waals surface area contributed by atoms with Crippen LogP contribution in [0.2, 0.25) is 0 Å². The third-order valence-electron chi connectivity index (χ3n) is 12.0. The fourth-order valence-electron chi connectivity index (χ4n) is 7.96. The van der Waals surface area contributed by atoms with Gasteiger partial charge in [0.2, 0.25) is 41.4 Å². The number of aliphatic carboxylic acids is 2. The Morgan fingerprint density at radius 3 is 1.37 bits per heavy atom. The van der Waals surface area contributed by atoms with Gasteiger partial charge >= 0.3 is 11.9 Å². The van der Waals surface area contributed by atoms with Crippen LogP contribution in [-0.4, -0.2) is 150 Å². The van der Waals surface area contributed by atoms with E-state index in [-0.39, 0.29) is 37.2 Å². The highest BCUT2D eigenvalue weighted by molar-refractivity contribution is 5.99. The van der Waals surface area contributed by atoms with Gasteiger partial charge in [0.15, 0.2) is 0 Å². The van der Waals surface area contributed by atoms with Crippen molar-refractivity contribution in [2.75, 3.05) is 6.54 Å². The number of carbonyl (C=O) groups is 9. The fraction of sp³-hybridized carbons (Fsp3) is 0.327. The number of aliphatic hydroxyl groups excluding tert-OH is 2. The van der Waals surface area contributed by atoms with Gasteiger partial charge in [-0.2, -0.15) is 0 Å². The average molecular weight is 1050 g/mol. The third kappa shape index (κ3) is 17.1. The Kier molecular flexibility index (Phi) is 20.9. The Morgan fingerprint density at radius 1 is 0.487 bits per heavy atom. The summed E-state index contributed by atoms with van der Waals surface area (Å²) in [5.41, 5.74) is 8.05. The standard InChI is InChI=1S/C52H61N9O15/c1-27(62)44(60-48(71)37(55-42(66)25-53)21-30-12-16-33(64)17-13-30)50(73)57-39(20-29-8-4-3-5-9-29)49(72)61-45(28(2)63)51(74)58-40(24-43(67)68)47(70)56-38(22-31-14-18-34(65)19-15-31)46(69)59-41(52(75)76)23-32-26-54-36-11-7-6-10-35(32)36/h3-19,26-28,37-41,44-45,54,62-65H,20-25,53H2,1-2H3,(H,55,66)(H,56,70)(H,57,73)(H,58,74)(H,59,69)(H,60,71)(H,61,72)(H,67,68)(H,75,76)/t27-,28-,37+,38+,39+,40+,41+,44+,45+/m1/s1. The second-order valence-corrected chi connectivity index (χ2v) is 18.0. The number of hydrogen-bond donors (Lipinski definition) is 15. The van der Waals surface area contributed by atoms with Crippen molar-refractivity contribution < 1.29 is 73.8 Å². The maximum Gasteiger partial charge on any atom is 0.326 e. The molecular weight excluding hydrogens is 991 g/mol. The smallest absolute Gasteiger partial charge is 0.326 e. The van der Waals surface area contributed by atoms with Crippen molar-refractivity contribution in [2.24, 2.45) is 5.73 Å². The quantitative estimate of drug-likeness (QED) is 0.0285. The van der Waals surface area contributed by atoms with Gasteiger partial charge in [0.05, 0.1) is 25.2 Å². The first-order valence-corrected chi connectivity index (χ1v) is 23.9. The Labute approximate surface area is 434 Å². The zero-order chi connectivity index (χ0) is 55.6. The highest BCUT2D eigenvalue weighted by atomic mass is 16.4. The lowest BCUT2D eigenvalue weighted by molar-refractivity contribution is -0.143. The number of carboxylic acids is 2. The SMILES string of the molecule is C[C@@H](O)[C@H](NC(=O)[C@H](Cc1ccccc1)NC(=O)[C@@H](NC(=O)[C@H](Cc1ccc(O)cc1)NC(=O)CN)[C@@H](C)O)C(=O)N[C@@H](CC(=O)O)C(=O)N[C@@H](Cc1ccc(O)cc1)C(=O)N[C@@H](Cc1c[nH]c2ccccc12)C(=O)O. The van der Waals surface area contributed by atoms with Crippen molar-refractivity contribution >= 4 is 64.2 Å². The molecule has 5 rings (SSSR count). The molecule has 24 heteroatoms. The number of carboxylic acid groups (broad SMARTS) is 2. The van der Waals surface area contributed by atoms with E-state index < -0.39 is 121 Å². The van der Waals surface area contributed by atoms with Gasteiger partial charge in [-0.15, -0.1) is 0 Å². The van der Waals surface area contributed by atoms with Gasteiger partial charge in [-0.05, 0) is 66.4 Å². The minimum absolute atomic E-state index is 0.0648. The van der Waals surface area contributed by atoms with E-state index in [2.05, 4.69) is 42.2 Å². The van der Waals surface area contributed by atoms with Crippen molar-refractivity contribution in [1.29, 1.82) is 0 Å². The molecule has 9 atom stereocenters. The Morgan fingerprint density at radius 2 is 0.895 bits per heavy atom. The minimum Gasteiger partial charge on any atom is -0.508 e. The Hall–Kier alpha value is -8.87. The van der Waals surface area contributed by atoms with Crippen LogP contribution in [0.5, 0.6) is 11.5 Å². The summed E-state index contributed by atoms with van der Waals surface area (Å²) in [5, 5.41) is 78.6. The molecule has 76 heavy (non-hydrogen) atoms. The minimum atomic E-state index is -2.00. The molecular formula is C52H61N9O15. The van der Waals surface area contributed by atoms with Gasteiger partial charge in [-0.3, -0.25) is 38.4 Å². The largest absolute Gasteiger partial charge is 0.508 e. The lowest BCUT2D eigenvalue weighted by Crippen LogP contribution is -2.63. The van der Waals surface area contributed by atoms with E-state index in [1.807, 2.05) is 0 Å². The predicted molar refractivity (Wildman–Crippen MR) is 272 cm³/mol. The van der Waals surface area contributed by atoms with E-state index in [0.717, 1.165) is 6.92 Å². The number of H-pyrrole nitrogens is 1. The number of aromatic nitrogens is 1. The summed E-state index contributed by atoms with van der Waals surface area (Å²) in [6, 6.07) is 14.5. The lowest BCUT2D eigenvalue weighted by atomic mass is 10.0. The molecule has 1 heterocycles. The van der Waals surface area contributed by atoms with Gasteiger partial charge in [0, 0.05) is 42.8 Å². The number of aliphatic hydroxyl groups is 2. The molecule has 404 valence electrons. The number of aromatic amines is 1. The molecule has 0 aliphatic rings. The number of fused-ring (bicyclic) bond motifs is 1. The van der Waals surface area contributed by atoms with Crippen LogP contribution in [0.1, 0.15) is 42.5 Å². The van der Waals surface area contributed by atoms with Crippen LogP contribution in [0.3, 0.4) is 0 Å². The van der Waals surface area contributed by atoms with E-state index in [0.29, 0.717) is 33.2 Å². The van der Waals surface area contributed by atoms with Crippen LogP contribution >= 0.6 is 0 Å². The van der Waals surface area contributed by atoms with Gasteiger partial charge in [-0.1, -0.05) is 72.8 Å². The number of benzene rings is 4. The number of amides is 7. The van der Waals surface area contributed by atoms with Crippen LogP contribution in [-0.2, 0) is 68.8 Å². The third-order valence-corrected chi connectivity index (χ3v) is 12.0. The monoisotopic (exact) mass is 1050 g/mol. The van der Waals surface area contributed by atoms with Crippen molar-refractivity contribution in [1.82, 2.24) is 42.2 Å². The number of phenolic OH excluding ortho intramolecular Hbond substituents is 2. The summed E-state index contributed by atoms with van der Waals surface area (Å²) >= 11 is 0.